The third-order valence-corrected chi connectivity index (χ3v) is 5.55. The van der Waals surface area contributed by atoms with Gasteiger partial charge in [-0.2, -0.15) is 0 Å². The summed E-state index contributed by atoms with van der Waals surface area (Å²) in [4.78, 5) is 50.4. The molecule has 0 bridgehead atoms. The van der Waals surface area contributed by atoms with E-state index in [0.29, 0.717) is 30.5 Å². The number of nitrogens with zero attached hydrogens (tertiary/aromatic N) is 2. The molecule has 3 rings (SSSR count). The lowest BCUT2D eigenvalue weighted by Gasteiger charge is -2.35. The molecule has 3 unspecified atom stereocenters. The van der Waals surface area contributed by atoms with Crippen LogP contribution in [-0.4, -0.2) is 47.3 Å². The molecule has 1 aromatic carbocycles. The van der Waals surface area contributed by atoms with Crippen molar-refractivity contribution in [3.63, 3.8) is 0 Å². The van der Waals surface area contributed by atoms with Gasteiger partial charge in [0.15, 0.2) is 0 Å². The number of hydrogen-bond donors (Lipinski definition) is 2. The summed E-state index contributed by atoms with van der Waals surface area (Å²) in [7, 11) is 3.37. The van der Waals surface area contributed by atoms with Crippen LogP contribution in [0, 0.1) is 11.8 Å². The molecule has 2 aromatic rings. The molecule has 0 spiro atoms. The van der Waals surface area contributed by atoms with Gasteiger partial charge in [0.05, 0.1) is 5.92 Å². The monoisotopic (exact) mass is 410 g/mol. The average Bonchev–Trinajstić information content (AvgIpc) is 2.73. The predicted molar refractivity (Wildman–Crippen MR) is 112 cm³/mol. The molecule has 3 amide bonds. The molecule has 3 N–H and O–H groups in total. The first-order valence-electron chi connectivity index (χ1n) is 9.87. The van der Waals surface area contributed by atoms with Crippen molar-refractivity contribution in [1.82, 2.24) is 14.8 Å². The summed E-state index contributed by atoms with van der Waals surface area (Å²) in [6.07, 6.45) is 3.07. The van der Waals surface area contributed by atoms with Crippen molar-refractivity contribution in [2.75, 3.05) is 14.1 Å². The van der Waals surface area contributed by atoms with Crippen molar-refractivity contribution in [3.05, 3.63) is 64.6 Å². The zero-order valence-electron chi connectivity index (χ0n) is 17.1. The van der Waals surface area contributed by atoms with Gasteiger partial charge < -0.3 is 16.0 Å². The highest BCUT2D eigenvalue weighted by Gasteiger charge is 2.38. The van der Waals surface area contributed by atoms with Crippen LogP contribution in [0.1, 0.15) is 29.6 Å². The number of amides is 3. The summed E-state index contributed by atoms with van der Waals surface area (Å²) in [6, 6.07) is 11.1. The summed E-state index contributed by atoms with van der Waals surface area (Å²) >= 11 is 0. The van der Waals surface area contributed by atoms with E-state index in [0.717, 1.165) is 0 Å². The number of primary amides is 1. The van der Waals surface area contributed by atoms with E-state index in [2.05, 4.69) is 5.32 Å². The molecule has 0 aliphatic heterocycles. The number of hydrogen-bond acceptors (Lipinski definition) is 4. The molecule has 8 heteroatoms. The van der Waals surface area contributed by atoms with Crippen LogP contribution in [0.2, 0.25) is 0 Å². The molecule has 1 aliphatic rings. The van der Waals surface area contributed by atoms with E-state index < -0.39 is 17.9 Å². The smallest absolute Gasteiger partial charge is 0.255 e. The molecule has 1 aromatic heterocycles. The molecule has 1 fully saturated rings. The van der Waals surface area contributed by atoms with Crippen LogP contribution in [0.3, 0.4) is 0 Å². The third-order valence-electron chi connectivity index (χ3n) is 5.55. The number of benzene rings is 1. The number of carbonyl (C=O) groups excluding carboxylic acids is 3. The molecular formula is C22H26N4O4. The predicted octanol–water partition coefficient (Wildman–Crippen LogP) is 0.926. The molecule has 1 heterocycles. The van der Waals surface area contributed by atoms with Gasteiger partial charge in [0, 0.05) is 49.6 Å². The van der Waals surface area contributed by atoms with Crippen LogP contribution in [0.4, 0.5) is 0 Å². The first kappa shape index (κ1) is 21.3. The lowest BCUT2D eigenvalue weighted by molar-refractivity contribution is -0.135. The van der Waals surface area contributed by atoms with Gasteiger partial charge in [0.1, 0.15) is 0 Å². The van der Waals surface area contributed by atoms with Crippen LogP contribution in [0.15, 0.2) is 53.5 Å². The number of nitrogens with one attached hydrogen (secondary N) is 1. The highest BCUT2D eigenvalue weighted by atomic mass is 16.2. The van der Waals surface area contributed by atoms with Crippen molar-refractivity contribution in [2.45, 2.75) is 25.3 Å². The topological polar surface area (TPSA) is 114 Å². The van der Waals surface area contributed by atoms with E-state index in [9.17, 15) is 19.2 Å². The molecule has 8 nitrogen and oxygen atoms in total. The lowest BCUT2D eigenvalue weighted by Crippen LogP contribution is -2.50. The molecule has 30 heavy (non-hydrogen) atoms. The second-order valence-electron chi connectivity index (χ2n) is 7.79. The number of aromatic nitrogens is 1. The molecule has 1 saturated carbocycles. The second-order valence-corrected chi connectivity index (χ2v) is 7.79. The van der Waals surface area contributed by atoms with Crippen LogP contribution in [0.5, 0.6) is 0 Å². The SMILES string of the molecule is CN(C)C(=O)C1CCC(NC(=O)c2ccc(-n3ccccc3=O)cc2)C(C(N)=O)C1. The van der Waals surface area contributed by atoms with Crippen molar-refractivity contribution in [1.29, 1.82) is 0 Å². The van der Waals surface area contributed by atoms with Gasteiger partial charge >= 0.3 is 0 Å². The minimum absolute atomic E-state index is 0.0298. The van der Waals surface area contributed by atoms with E-state index in [1.54, 1.807) is 56.7 Å². The average molecular weight is 410 g/mol. The van der Waals surface area contributed by atoms with Gasteiger partial charge in [-0.25, -0.2) is 0 Å². The first-order chi connectivity index (χ1) is 14.3. The molecule has 158 valence electrons. The molecular weight excluding hydrogens is 384 g/mol. The number of rotatable bonds is 5. The van der Waals surface area contributed by atoms with Gasteiger partial charge in [-0.1, -0.05) is 6.07 Å². The summed E-state index contributed by atoms with van der Waals surface area (Å²) in [5, 5.41) is 2.89. The van der Waals surface area contributed by atoms with Gasteiger partial charge in [0.25, 0.3) is 11.5 Å². The summed E-state index contributed by atoms with van der Waals surface area (Å²) in [6.45, 7) is 0. The Hall–Kier alpha value is -3.42. The fourth-order valence-electron chi connectivity index (χ4n) is 3.91. The van der Waals surface area contributed by atoms with Crippen molar-refractivity contribution >= 4 is 17.7 Å². The fourth-order valence-corrected chi connectivity index (χ4v) is 3.91. The van der Waals surface area contributed by atoms with Crippen molar-refractivity contribution in [3.8, 4) is 5.69 Å². The highest BCUT2D eigenvalue weighted by Crippen LogP contribution is 2.30. The van der Waals surface area contributed by atoms with Crippen LogP contribution in [0.25, 0.3) is 5.69 Å². The minimum atomic E-state index is -0.598. The number of carbonyl (C=O) groups is 3. The molecule has 0 radical (unpaired) electrons. The zero-order valence-corrected chi connectivity index (χ0v) is 17.1. The van der Waals surface area contributed by atoms with Crippen LogP contribution >= 0.6 is 0 Å². The Morgan fingerprint density at radius 1 is 1.07 bits per heavy atom. The quantitative estimate of drug-likeness (QED) is 0.763. The van der Waals surface area contributed by atoms with E-state index in [4.69, 9.17) is 5.73 Å². The highest BCUT2D eigenvalue weighted by molar-refractivity contribution is 5.95. The Kier molecular flexibility index (Phi) is 6.34. The van der Waals surface area contributed by atoms with Gasteiger partial charge in [-0.05, 0) is 49.6 Å². The number of nitrogens with two attached hydrogens (primary N) is 1. The number of pyridine rings is 1. The van der Waals surface area contributed by atoms with Crippen molar-refractivity contribution < 1.29 is 14.4 Å². The minimum Gasteiger partial charge on any atom is -0.369 e. The maximum atomic E-state index is 12.7. The first-order valence-corrected chi connectivity index (χ1v) is 9.87. The Labute approximate surface area is 174 Å². The second kappa shape index (κ2) is 8.94. The zero-order chi connectivity index (χ0) is 21.8. The summed E-state index contributed by atoms with van der Waals surface area (Å²) in [5.41, 5.74) is 6.46. The maximum absolute atomic E-state index is 12.7. The summed E-state index contributed by atoms with van der Waals surface area (Å²) in [5.74, 6) is -1.74. The molecule has 1 aliphatic carbocycles. The lowest BCUT2D eigenvalue weighted by atomic mass is 9.77. The molecule has 0 saturated heterocycles. The Morgan fingerprint density at radius 3 is 2.37 bits per heavy atom. The van der Waals surface area contributed by atoms with Gasteiger partial charge in [0.2, 0.25) is 11.8 Å². The van der Waals surface area contributed by atoms with Crippen LogP contribution in [-0.2, 0) is 9.59 Å². The van der Waals surface area contributed by atoms with Gasteiger partial charge in [-0.15, -0.1) is 0 Å². The van der Waals surface area contributed by atoms with Gasteiger partial charge in [-0.3, -0.25) is 23.7 Å². The molecule has 3 atom stereocenters. The van der Waals surface area contributed by atoms with Crippen LogP contribution < -0.4 is 16.6 Å². The van der Waals surface area contributed by atoms with E-state index in [1.807, 2.05) is 0 Å². The summed E-state index contributed by atoms with van der Waals surface area (Å²) < 4.78 is 1.48. The standard InChI is InChI=1S/C22H26N4O4/c1-25(2)22(30)15-8-11-18(17(13-15)20(23)28)24-21(29)14-6-9-16(10-7-14)26-12-4-3-5-19(26)27/h3-7,9-10,12,15,17-18H,8,11,13H2,1-2H3,(H2,23,28)(H,24,29). The normalized spacial score (nSPS) is 20.9. The maximum Gasteiger partial charge on any atom is 0.255 e. The Bertz CT molecular complexity index is 997. The van der Waals surface area contributed by atoms with Crippen molar-refractivity contribution in [2.24, 2.45) is 17.6 Å². The fraction of sp³-hybridized carbons (Fsp3) is 0.364. The van der Waals surface area contributed by atoms with E-state index in [-0.39, 0.29) is 23.3 Å². The Morgan fingerprint density at radius 2 is 1.77 bits per heavy atom. The third kappa shape index (κ3) is 4.59. The van der Waals surface area contributed by atoms with E-state index >= 15 is 0 Å². The largest absolute Gasteiger partial charge is 0.369 e. The Balaban J connectivity index is 1.70. The van der Waals surface area contributed by atoms with E-state index in [1.165, 1.54) is 15.5 Å².